The first-order valence-electron chi connectivity index (χ1n) is 9.61. The number of aryl methyl sites for hydroxylation is 1. The Balaban J connectivity index is 1.67. The lowest BCUT2D eigenvalue weighted by Gasteiger charge is -2.17. The first-order valence-corrected chi connectivity index (χ1v) is 9.61. The van der Waals surface area contributed by atoms with Crippen molar-refractivity contribution in [3.05, 3.63) is 96.1 Å². The van der Waals surface area contributed by atoms with Crippen LogP contribution in [-0.2, 0) is 11.2 Å². The van der Waals surface area contributed by atoms with E-state index in [0.717, 1.165) is 27.1 Å². The summed E-state index contributed by atoms with van der Waals surface area (Å²) < 4.78 is 0. The number of benzene rings is 4. The third-order valence-corrected chi connectivity index (χ3v) is 5.17. The van der Waals surface area contributed by atoms with Gasteiger partial charge in [0.15, 0.2) is 0 Å². The molecule has 1 amide bonds. The van der Waals surface area contributed by atoms with E-state index in [4.69, 9.17) is 0 Å². The predicted octanol–water partition coefficient (Wildman–Crippen LogP) is 4.81. The van der Waals surface area contributed by atoms with Gasteiger partial charge in [-0.1, -0.05) is 78.9 Å². The van der Waals surface area contributed by atoms with Crippen LogP contribution in [0.1, 0.15) is 22.3 Å². The Morgan fingerprint density at radius 1 is 0.793 bits per heavy atom. The molecule has 0 radical (unpaired) electrons. The van der Waals surface area contributed by atoms with Gasteiger partial charge in [0.1, 0.15) is 6.04 Å². The van der Waals surface area contributed by atoms with Crippen molar-refractivity contribution in [2.45, 2.75) is 18.9 Å². The highest BCUT2D eigenvalue weighted by atomic mass is 16.4. The third kappa shape index (κ3) is 3.97. The van der Waals surface area contributed by atoms with E-state index in [1.807, 2.05) is 84.9 Å². The van der Waals surface area contributed by atoms with E-state index in [-0.39, 0.29) is 5.91 Å². The Bertz CT molecular complexity index is 1130. The molecule has 0 aliphatic rings. The number of nitrogens with one attached hydrogen (secondary N) is 1. The van der Waals surface area contributed by atoms with Crippen molar-refractivity contribution in [1.82, 2.24) is 5.32 Å². The minimum absolute atomic E-state index is 0.327. The number of hydrogen-bond donors (Lipinski definition) is 2. The molecule has 4 rings (SSSR count). The molecule has 0 heterocycles. The molecule has 2 N–H and O–H groups in total. The van der Waals surface area contributed by atoms with Crippen molar-refractivity contribution in [3.63, 3.8) is 0 Å². The van der Waals surface area contributed by atoms with Crippen molar-refractivity contribution in [2.75, 3.05) is 0 Å². The summed E-state index contributed by atoms with van der Waals surface area (Å²) in [6.45, 7) is 0. The Kier molecular flexibility index (Phi) is 5.25. The summed E-state index contributed by atoms with van der Waals surface area (Å²) in [5.74, 6) is -1.39. The summed E-state index contributed by atoms with van der Waals surface area (Å²) in [6, 6.07) is 26.1. The molecule has 0 bridgehead atoms. The van der Waals surface area contributed by atoms with Crippen LogP contribution in [0.2, 0.25) is 0 Å². The van der Waals surface area contributed by atoms with Gasteiger partial charge in [-0.15, -0.1) is 0 Å². The molecular formula is C25H21NO3. The van der Waals surface area contributed by atoms with Crippen molar-refractivity contribution in [3.8, 4) is 0 Å². The van der Waals surface area contributed by atoms with E-state index >= 15 is 0 Å². The standard InChI is InChI=1S/C25H21NO3/c27-24(26-22(25(28)29)15-14-17-8-2-1-3-9-17)23-20-12-6-4-10-18(20)16-19-11-5-7-13-21(19)23/h1-13,16,22H,14-15H2,(H,26,27)(H,28,29)/t22-/m0/s1. The number of rotatable bonds is 6. The molecule has 0 fully saturated rings. The van der Waals surface area contributed by atoms with Crippen molar-refractivity contribution >= 4 is 33.4 Å². The van der Waals surface area contributed by atoms with Crippen LogP contribution in [0.3, 0.4) is 0 Å². The highest BCUT2D eigenvalue weighted by Gasteiger charge is 2.23. The summed E-state index contributed by atoms with van der Waals surface area (Å²) in [5, 5.41) is 15.9. The summed E-state index contributed by atoms with van der Waals surface area (Å²) in [4.78, 5) is 25.0. The van der Waals surface area contributed by atoms with Gasteiger partial charge >= 0.3 is 5.97 Å². The van der Waals surface area contributed by atoms with Crippen LogP contribution < -0.4 is 5.32 Å². The van der Waals surface area contributed by atoms with E-state index in [0.29, 0.717) is 18.4 Å². The molecule has 0 spiro atoms. The van der Waals surface area contributed by atoms with Gasteiger partial charge in [-0.05, 0) is 46.0 Å². The molecule has 0 saturated heterocycles. The number of carbonyl (C=O) groups is 2. The van der Waals surface area contributed by atoms with Gasteiger partial charge in [0, 0.05) is 0 Å². The van der Waals surface area contributed by atoms with E-state index < -0.39 is 12.0 Å². The lowest BCUT2D eigenvalue weighted by Crippen LogP contribution is -2.41. The fourth-order valence-corrected chi connectivity index (χ4v) is 3.70. The molecule has 144 valence electrons. The molecule has 0 unspecified atom stereocenters. The molecule has 0 aliphatic heterocycles. The Morgan fingerprint density at radius 2 is 1.34 bits per heavy atom. The largest absolute Gasteiger partial charge is 0.480 e. The van der Waals surface area contributed by atoms with Crippen LogP contribution >= 0.6 is 0 Å². The second-order valence-corrected chi connectivity index (χ2v) is 7.08. The lowest BCUT2D eigenvalue weighted by molar-refractivity contribution is -0.139. The Labute approximate surface area is 168 Å². The summed E-state index contributed by atoms with van der Waals surface area (Å²) in [5.41, 5.74) is 1.56. The smallest absolute Gasteiger partial charge is 0.326 e. The van der Waals surface area contributed by atoms with Crippen LogP contribution in [-0.4, -0.2) is 23.0 Å². The van der Waals surface area contributed by atoms with E-state index in [2.05, 4.69) is 5.32 Å². The van der Waals surface area contributed by atoms with E-state index in [1.54, 1.807) is 0 Å². The average molecular weight is 383 g/mol. The number of aliphatic carboxylic acids is 1. The van der Waals surface area contributed by atoms with E-state index in [1.165, 1.54) is 0 Å². The van der Waals surface area contributed by atoms with Crippen molar-refractivity contribution < 1.29 is 14.7 Å². The minimum Gasteiger partial charge on any atom is -0.480 e. The number of hydrogen-bond acceptors (Lipinski definition) is 2. The molecule has 4 aromatic carbocycles. The maximum Gasteiger partial charge on any atom is 0.326 e. The number of amides is 1. The fraction of sp³-hybridized carbons (Fsp3) is 0.120. The van der Waals surface area contributed by atoms with Crippen LogP contribution in [0.5, 0.6) is 0 Å². The third-order valence-electron chi connectivity index (χ3n) is 5.17. The van der Waals surface area contributed by atoms with Gasteiger partial charge in [0.2, 0.25) is 0 Å². The number of carbonyl (C=O) groups excluding carboxylic acids is 1. The normalized spacial score (nSPS) is 12.0. The average Bonchev–Trinajstić information content (AvgIpc) is 2.75. The van der Waals surface area contributed by atoms with Crippen LogP contribution in [0.15, 0.2) is 84.9 Å². The highest BCUT2D eigenvalue weighted by Crippen LogP contribution is 2.28. The number of fused-ring (bicyclic) bond motifs is 2. The molecule has 4 heteroatoms. The summed E-state index contributed by atoms with van der Waals surface area (Å²) in [7, 11) is 0. The Morgan fingerprint density at radius 3 is 1.93 bits per heavy atom. The van der Waals surface area contributed by atoms with Crippen LogP contribution in [0, 0.1) is 0 Å². The zero-order chi connectivity index (χ0) is 20.2. The topological polar surface area (TPSA) is 66.4 Å². The van der Waals surface area contributed by atoms with Gasteiger partial charge in [0.25, 0.3) is 5.91 Å². The minimum atomic E-state index is -1.03. The molecule has 29 heavy (non-hydrogen) atoms. The van der Waals surface area contributed by atoms with Gasteiger partial charge in [-0.2, -0.15) is 0 Å². The fourth-order valence-electron chi connectivity index (χ4n) is 3.70. The molecule has 1 atom stereocenters. The first-order chi connectivity index (χ1) is 14.1. The molecule has 0 aliphatic carbocycles. The number of carboxylic acids is 1. The molecule has 0 aromatic heterocycles. The van der Waals surface area contributed by atoms with Crippen LogP contribution in [0.4, 0.5) is 0 Å². The number of carboxylic acid groups (broad SMARTS) is 1. The van der Waals surface area contributed by atoms with Gasteiger partial charge < -0.3 is 10.4 Å². The van der Waals surface area contributed by atoms with Gasteiger partial charge in [-0.25, -0.2) is 4.79 Å². The zero-order valence-corrected chi connectivity index (χ0v) is 15.8. The predicted molar refractivity (Wildman–Crippen MR) is 115 cm³/mol. The highest BCUT2D eigenvalue weighted by molar-refractivity contribution is 6.18. The maximum atomic E-state index is 13.2. The van der Waals surface area contributed by atoms with Crippen molar-refractivity contribution in [2.24, 2.45) is 0 Å². The SMILES string of the molecule is O=C(N[C@@H](CCc1ccccc1)C(=O)O)c1c2ccccc2cc2ccccc12. The molecule has 4 nitrogen and oxygen atoms in total. The van der Waals surface area contributed by atoms with Crippen molar-refractivity contribution in [1.29, 1.82) is 0 Å². The van der Waals surface area contributed by atoms with Gasteiger partial charge in [-0.3, -0.25) is 4.79 Å². The van der Waals surface area contributed by atoms with E-state index in [9.17, 15) is 14.7 Å². The molecular weight excluding hydrogens is 362 g/mol. The summed E-state index contributed by atoms with van der Waals surface area (Å²) in [6.07, 6.45) is 0.905. The van der Waals surface area contributed by atoms with Gasteiger partial charge in [0.05, 0.1) is 5.56 Å². The lowest BCUT2D eigenvalue weighted by atomic mass is 9.96. The van der Waals surface area contributed by atoms with Crippen LogP contribution in [0.25, 0.3) is 21.5 Å². The molecule has 4 aromatic rings. The first kappa shape index (κ1) is 18.7. The maximum absolute atomic E-state index is 13.2. The second kappa shape index (κ2) is 8.15. The monoisotopic (exact) mass is 383 g/mol. The second-order valence-electron chi connectivity index (χ2n) is 7.08. The molecule has 0 saturated carbocycles. The Hall–Kier alpha value is -3.66. The quantitative estimate of drug-likeness (QED) is 0.470. The summed E-state index contributed by atoms with van der Waals surface area (Å²) >= 11 is 0. The zero-order valence-electron chi connectivity index (χ0n) is 15.8.